The van der Waals surface area contributed by atoms with Crippen molar-refractivity contribution < 1.29 is 14.3 Å². The molecule has 1 aliphatic heterocycles. The van der Waals surface area contributed by atoms with Crippen LogP contribution in [0.4, 0.5) is 10.5 Å². The molecule has 0 aliphatic carbocycles. The number of pyridine rings is 1. The van der Waals surface area contributed by atoms with Gasteiger partial charge in [-0.1, -0.05) is 18.2 Å². The molecule has 0 bridgehead atoms. The second-order valence-electron chi connectivity index (χ2n) is 5.63. The van der Waals surface area contributed by atoms with Crippen LogP contribution in [0.3, 0.4) is 0 Å². The number of ether oxygens (including phenoxy) is 2. The Kier molecular flexibility index (Phi) is 4.43. The Bertz CT molecular complexity index is 763. The molecule has 1 atom stereocenters. The zero-order valence-electron chi connectivity index (χ0n) is 13.2. The molecule has 7 nitrogen and oxygen atoms in total. The van der Waals surface area contributed by atoms with Crippen LogP contribution in [0.25, 0.3) is 0 Å². The first-order chi connectivity index (χ1) is 11.5. The molecule has 1 aromatic heterocycles. The molecule has 1 aromatic carbocycles. The molecule has 0 saturated heterocycles. The third-order valence-corrected chi connectivity index (χ3v) is 3.59. The van der Waals surface area contributed by atoms with Gasteiger partial charge in [0.2, 0.25) is 5.88 Å². The van der Waals surface area contributed by atoms with Gasteiger partial charge in [0.15, 0.2) is 0 Å². The fourth-order valence-electron chi connectivity index (χ4n) is 2.46. The van der Waals surface area contributed by atoms with E-state index >= 15 is 0 Å². The average Bonchev–Trinajstić information content (AvgIpc) is 2.56. The van der Waals surface area contributed by atoms with Crippen molar-refractivity contribution in [1.82, 2.24) is 4.98 Å². The van der Waals surface area contributed by atoms with Gasteiger partial charge in [-0.15, -0.1) is 0 Å². The lowest BCUT2D eigenvalue weighted by Gasteiger charge is -2.30. The van der Waals surface area contributed by atoms with Crippen LogP contribution in [0.1, 0.15) is 12.5 Å². The quantitative estimate of drug-likeness (QED) is 0.901. The number of hydrogen-bond donors (Lipinski definition) is 2. The summed E-state index contributed by atoms with van der Waals surface area (Å²) in [5, 5.41) is 2.68. The molecule has 2 heterocycles. The van der Waals surface area contributed by atoms with Crippen molar-refractivity contribution in [2.75, 3.05) is 18.5 Å². The summed E-state index contributed by atoms with van der Waals surface area (Å²) in [6.45, 7) is 2.70. The maximum absolute atomic E-state index is 12.0. The Morgan fingerprint density at radius 2 is 2.21 bits per heavy atom. The molecule has 0 radical (unpaired) electrons. The van der Waals surface area contributed by atoms with Gasteiger partial charge < -0.3 is 15.2 Å². The smallest absolute Gasteiger partial charge is 0.391 e. The number of amidine groups is 1. The minimum absolute atomic E-state index is 0.233. The molecule has 3 N–H and O–H groups in total. The highest BCUT2D eigenvalue weighted by Crippen LogP contribution is 2.29. The summed E-state index contributed by atoms with van der Waals surface area (Å²) < 4.78 is 10.6. The van der Waals surface area contributed by atoms with E-state index in [1.54, 1.807) is 30.5 Å². The fraction of sp³-hybridized carbons (Fsp3) is 0.235. The zero-order valence-corrected chi connectivity index (χ0v) is 13.2. The van der Waals surface area contributed by atoms with E-state index < -0.39 is 11.6 Å². The maximum atomic E-state index is 12.0. The van der Waals surface area contributed by atoms with Crippen LogP contribution in [-0.2, 0) is 10.3 Å². The molecule has 0 spiro atoms. The number of carbonyl (C=O) groups is 1. The number of nitrogens with zero attached hydrogens (tertiary/aromatic N) is 2. The van der Waals surface area contributed by atoms with Gasteiger partial charge in [0.25, 0.3) is 0 Å². The second-order valence-corrected chi connectivity index (χ2v) is 5.63. The molecule has 7 heteroatoms. The molecular weight excluding hydrogens is 308 g/mol. The minimum Gasteiger partial charge on any atom is -0.391 e. The predicted molar refractivity (Wildman–Crippen MR) is 90.1 cm³/mol. The SMILES string of the molecule is CC1(c2cccc(NC(=O)Oc3ccccn3)c2)COCC(N)=N1. The number of amides is 1. The highest BCUT2D eigenvalue weighted by molar-refractivity contribution is 5.86. The standard InChI is InChI=1S/C17H18N4O3/c1-17(11-23-10-14(18)21-17)12-5-4-6-13(9-12)20-16(22)24-15-7-2-3-8-19-15/h2-9H,10-11H2,1H3,(H2,18,21)(H,20,22). The van der Waals surface area contributed by atoms with Gasteiger partial charge in [-0.05, 0) is 30.7 Å². The number of hydrogen-bond acceptors (Lipinski definition) is 6. The van der Waals surface area contributed by atoms with Crippen molar-refractivity contribution >= 4 is 17.6 Å². The molecule has 0 fully saturated rings. The van der Waals surface area contributed by atoms with Crippen LogP contribution in [0.15, 0.2) is 53.7 Å². The molecule has 1 amide bonds. The lowest BCUT2D eigenvalue weighted by Crippen LogP contribution is -2.37. The second kappa shape index (κ2) is 6.67. The lowest BCUT2D eigenvalue weighted by atomic mass is 9.92. The third-order valence-electron chi connectivity index (χ3n) is 3.59. The van der Waals surface area contributed by atoms with Crippen molar-refractivity contribution in [3.05, 3.63) is 54.2 Å². The highest BCUT2D eigenvalue weighted by Gasteiger charge is 2.30. The first-order valence-corrected chi connectivity index (χ1v) is 7.47. The summed E-state index contributed by atoms with van der Waals surface area (Å²) >= 11 is 0. The van der Waals surface area contributed by atoms with E-state index in [1.807, 2.05) is 25.1 Å². The first kappa shape index (κ1) is 15.9. The minimum atomic E-state index is -0.612. The van der Waals surface area contributed by atoms with Crippen LogP contribution in [0.2, 0.25) is 0 Å². The van der Waals surface area contributed by atoms with Crippen molar-refractivity contribution in [3.8, 4) is 5.88 Å². The largest absolute Gasteiger partial charge is 0.418 e. The molecule has 0 saturated carbocycles. The van der Waals surface area contributed by atoms with Crippen LogP contribution in [0.5, 0.6) is 5.88 Å². The van der Waals surface area contributed by atoms with Gasteiger partial charge in [-0.3, -0.25) is 10.3 Å². The monoisotopic (exact) mass is 326 g/mol. The van der Waals surface area contributed by atoms with Crippen LogP contribution in [-0.4, -0.2) is 30.1 Å². The molecule has 1 aliphatic rings. The summed E-state index contributed by atoms with van der Waals surface area (Å²) in [4.78, 5) is 20.4. The number of nitrogens with two attached hydrogens (primary N) is 1. The zero-order chi connectivity index (χ0) is 17.0. The molecule has 24 heavy (non-hydrogen) atoms. The van der Waals surface area contributed by atoms with E-state index in [0.29, 0.717) is 24.7 Å². The summed E-state index contributed by atoms with van der Waals surface area (Å²) in [6.07, 6.45) is 0.939. The Balaban J connectivity index is 1.74. The van der Waals surface area contributed by atoms with Crippen LogP contribution >= 0.6 is 0 Å². The topological polar surface area (TPSA) is 98.8 Å². The highest BCUT2D eigenvalue weighted by atomic mass is 16.6. The van der Waals surface area contributed by atoms with Gasteiger partial charge >= 0.3 is 6.09 Å². The van der Waals surface area contributed by atoms with Crippen molar-refractivity contribution in [2.45, 2.75) is 12.5 Å². The van der Waals surface area contributed by atoms with E-state index in [1.165, 1.54) is 0 Å². The molecular formula is C17H18N4O3. The summed E-state index contributed by atoms with van der Waals surface area (Å²) in [7, 11) is 0. The van der Waals surface area contributed by atoms with Gasteiger partial charge in [0.05, 0.1) is 6.61 Å². The van der Waals surface area contributed by atoms with E-state index in [4.69, 9.17) is 15.2 Å². The number of rotatable bonds is 3. The number of aliphatic imine (C=N–C) groups is 1. The number of benzene rings is 1. The van der Waals surface area contributed by atoms with Crippen molar-refractivity contribution in [3.63, 3.8) is 0 Å². The Morgan fingerprint density at radius 1 is 1.33 bits per heavy atom. The molecule has 3 rings (SSSR count). The van der Waals surface area contributed by atoms with Crippen molar-refractivity contribution in [1.29, 1.82) is 0 Å². The summed E-state index contributed by atoms with van der Waals surface area (Å²) in [5.41, 5.74) is 6.68. The van der Waals surface area contributed by atoms with Gasteiger partial charge in [-0.25, -0.2) is 9.78 Å². The molecule has 1 unspecified atom stereocenters. The van der Waals surface area contributed by atoms with Crippen LogP contribution < -0.4 is 15.8 Å². The Morgan fingerprint density at radius 3 is 2.96 bits per heavy atom. The first-order valence-electron chi connectivity index (χ1n) is 7.47. The van der Waals surface area contributed by atoms with E-state index in [-0.39, 0.29) is 5.88 Å². The number of aromatic nitrogens is 1. The van der Waals surface area contributed by atoms with E-state index in [0.717, 1.165) is 5.56 Å². The predicted octanol–water partition coefficient (Wildman–Crippen LogP) is 2.30. The van der Waals surface area contributed by atoms with Gasteiger partial charge in [0.1, 0.15) is 18.0 Å². The lowest BCUT2D eigenvalue weighted by molar-refractivity contribution is 0.106. The maximum Gasteiger partial charge on any atom is 0.418 e. The normalized spacial score (nSPS) is 20.1. The summed E-state index contributed by atoms with van der Waals surface area (Å²) in [5.74, 6) is 0.688. The average molecular weight is 326 g/mol. The van der Waals surface area contributed by atoms with E-state index in [9.17, 15) is 4.79 Å². The van der Waals surface area contributed by atoms with Crippen LogP contribution in [0, 0.1) is 0 Å². The Hall–Kier alpha value is -2.93. The number of anilines is 1. The molecule has 2 aromatic rings. The fourth-order valence-corrected chi connectivity index (χ4v) is 2.46. The van der Waals surface area contributed by atoms with Gasteiger partial charge in [-0.2, -0.15) is 0 Å². The Labute approximate surface area is 139 Å². The third kappa shape index (κ3) is 3.69. The number of carbonyl (C=O) groups excluding carboxylic acids is 1. The number of nitrogens with one attached hydrogen (secondary N) is 1. The van der Waals surface area contributed by atoms with Crippen molar-refractivity contribution in [2.24, 2.45) is 10.7 Å². The van der Waals surface area contributed by atoms with E-state index in [2.05, 4.69) is 15.3 Å². The molecule has 124 valence electrons. The summed E-state index contributed by atoms with van der Waals surface area (Å²) in [6, 6.07) is 12.4. The van der Waals surface area contributed by atoms with Gasteiger partial charge in [0, 0.05) is 18.0 Å².